The van der Waals surface area contributed by atoms with Crippen molar-refractivity contribution >= 4 is 107 Å². The Morgan fingerprint density at radius 1 is 0.974 bits per heavy atom. The number of fused-ring (bicyclic) bond motifs is 6. The number of likely N-dealkylation sites (tertiary alicyclic amines) is 1. The average Bonchev–Trinajstić information content (AvgIpc) is 3.99. The molecule has 428 valence electrons. The molecule has 0 saturated carbocycles. The number of aromatic nitrogens is 1. The highest BCUT2D eigenvalue weighted by Crippen LogP contribution is 2.42. The molecule has 5 amide bonds. The molecule has 2 saturated heterocycles. The fourth-order valence-corrected chi connectivity index (χ4v) is 10.6. The number of hydrogen-bond acceptors (Lipinski definition) is 11. The molecule has 1 aromatic heterocycles. The number of carboxylic acid groups (broad SMARTS) is 1. The number of benzene rings is 3. The standard InChI is InChI=1S/C56H71N7O11.4H2S/c1-10-47(64)61-23-20-38(31-61)52(68)60(8)49(34(3)4)51(67)57-45-27-35-25-39(28-40(26-35)74-55(71)59(7)32-48(65)66)37-18-19-46-42(29-37)43(50(62(46)11-2)41-16-13-12-15-36(41)21-24-72-9)30-56(5,6)33-73-54(70)44-17-14-22-63(58-44)53(45)69;;;;/h10,12-13,15-16,18-19,25-26,28-29,34,38,44-45,49,58H,1,11,14,17,20-24,27,30-33H2,2-9H3,(H,57,67)(H,65,66);4*1H2/t38-,44-,45-,49-;;;;/m0..../s1. The zero-order valence-electron chi connectivity index (χ0n) is 45.9. The first-order valence-electron chi connectivity index (χ1n) is 25.5. The highest BCUT2D eigenvalue weighted by molar-refractivity contribution is 7.59. The number of hydrogen-bond donors (Lipinski definition) is 3. The van der Waals surface area contributed by atoms with E-state index >= 15 is 0 Å². The number of ether oxygens (including phenoxy) is 3. The second-order valence-electron chi connectivity index (χ2n) is 20.8. The van der Waals surface area contributed by atoms with Crippen molar-refractivity contribution in [3.05, 3.63) is 90.0 Å². The number of aliphatic carboxylic acids is 1. The number of rotatable bonds is 14. The van der Waals surface area contributed by atoms with E-state index in [1.807, 2.05) is 24.3 Å². The summed E-state index contributed by atoms with van der Waals surface area (Å²) in [6.45, 7) is 14.8. The molecule has 18 nitrogen and oxygen atoms in total. The molecule has 3 aliphatic rings. The van der Waals surface area contributed by atoms with Crippen LogP contribution in [0.4, 0.5) is 4.79 Å². The van der Waals surface area contributed by atoms with Gasteiger partial charge in [-0.3, -0.25) is 38.7 Å². The predicted molar refractivity (Wildman–Crippen MR) is 320 cm³/mol. The summed E-state index contributed by atoms with van der Waals surface area (Å²) in [4.78, 5) is 99.2. The molecule has 2 fully saturated rings. The van der Waals surface area contributed by atoms with Gasteiger partial charge in [-0.1, -0.05) is 70.7 Å². The van der Waals surface area contributed by atoms with E-state index in [1.54, 1.807) is 45.0 Å². The minimum absolute atomic E-state index is 0. The van der Waals surface area contributed by atoms with Crippen LogP contribution < -0.4 is 15.5 Å². The van der Waals surface area contributed by atoms with Gasteiger partial charge in [-0.15, -0.1) is 0 Å². The number of aryl methyl sites for hydroxylation is 1. The Hall–Kier alpha value is -5.65. The number of likely N-dealkylation sites (N-methyl/N-ethyl adjacent to an activating group) is 2. The lowest BCUT2D eigenvalue weighted by Gasteiger charge is -2.37. The number of carbonyl (C=O) groups excluding carboxylic acids is 6. The van der Waals surface area contributed by atoms with Crippen molar-refractivity contribution in [2.75, 3.05) is 60.6 Å². The molecule has 7 rings (SSSR count). The summed E-state index contributed by atoms with van der Waals surface area (Å²) in [6, 6.07) is 16.3. The predicted octanol–water partition coefficient (Wildman–Crippen LogP) is 6.32. The lowest BCUT2D eigenvalue weighted by atomic mass is 9.83. The first-order valence-corrected chi connectivity index (χ1v) is 25.5. The molecule has 4 heterocycles. The minimum atomic E-state index is -1.29. The smallest absolute Gasteiger partial charge is 0.415 e. The van der Waals surface area contributed by atoms with Gasteiger partial charge in [0.2, 0.25) is 17.7 Å². The van der Waals surface area contributed by atoms with E-state index in [1.165, 1.54) is 23.0 Å². The van der Waals surface area contributed by atoms with Gasteiger partial charge in [-0.25, -0.2) is 10.2 Å². The number of amides is 5. The maximum absolute atomic E-state index is 15.0. The summed E-state index contributed by atoms with van der Waals surface area (Å²) >= 11 is 0. The Labute approximate surface area is 485 Å². The SMILES string of the molecule is C=CC(=O)N1CC[C@H](C(=O)N(C)[C@H](C(=O)N[C@H]2Cc3cc(OC(=O)N(C)CC(=O)O)cc(c3)-c3ccc4c(c3)c(c(-c3ccccc3CCOC)n4CC)CC(C)(C)COC(=O)[C@@H]3CCCN(N3)C2=O)C(C)C)C1.S.S.S.S. The van der Waals surface area contributed by atoms with Crippen LogP contribution in [0.25, 0.3) is 33.3 Å². The minimum Gasteiger partial charge on any atom is -0.480 e. The molecule has 3 aromatic carbocycles. The Morgan fingerprint density at radius 2 is 1.69 bits per heavy atom. The van der Waals surface area contributed by atoms with Crippen LogP contribution >= 0.6 is 54.0 Å². The lowest BCUT2D eigenvalue weighted by Crippen LogP contribution is -2.62. The second kappa shape index (κ2) is 29.0. The first kappa shape index (κ1) is 66.6. The summed E-state index contributed by atoms with van der Waals surface area (Å²) in [6.07, 6.45) is 2.59. The third-order valence-corrected chi connectivity index (χ3v) is 14.3. The first-order chi connectivity index (χ1) is 35.2. The van der Waals surface area contributed by atoms with Crippen LogP contribution in [0.5, 0.6) is 5.75 Å². The maximum Gasteiger partial charge on any atom is 0.415 e. The molecular formula is C56H79N7O11S4. The van der Waals surface area contributed by atoms with Crippen LogP contribution in [0, 0.1) is 17.3 Å². The number of nitrogens with one attached hydrogen (secondary N) is 2. The van der Waals surface area contributed by atoms with Crippen LogP contribution in [0.1, 0.15) is 70.6 Å². The van der Waals surface area contributed by atoms with Crippen LogP contribution in [-0.2, 0) is 64.0 Å². The molecule has 22 heteroatoms. The monoisotopic (exact) mass is 1150 g/mol. The maximum atomic E-state index is 15.0. The zero-order chi connectivity index (χ0) is 53.6. The fourth-order valence-electron chi connectivity index (χ4n) is 10.6. The van der Waals surface area contributed by atoms with Crippen LogP contribution in [0.15, 0.2) is 73.3 Å². The molecule has 0 spiro atoms. The van der Waals surface area contributed by atoms with E-state index in [0.717, 1.165) is 43.8 Å². The molecule has 4 aromatic rings. The molecule has 78 heavy (non-hydrogen) atoms. The summed E-state index contributed by atoms with van der Waals surface area (Å²) in [7, 11) is 4.54. The van der Waals surface area contributed by atoms with Crippen molar-refractivity contribution in [3.8, 4) is 28.1 Å². The van der Waals surface area contributed by atoms with E-state index in [0.29, 0.717) is 62.9 Å². The Bertz CT molecular complexity index is 2820. The van der Waals surface area contributed by atoms with Crippen molar-refractivity contribution < 1.29 is 52.9 Å². The zero-order valence-corrected chi connectivity index (χ0v) is 49.9. The quantitative estimate of drug-likeness (QED) is 0.0937. The molecular weight excluding hydrogens is 1070 g/mol. The number of carboxylic acids is 1. The molecule has 0 unspecified atom stereocenters. The van der Waals surface area contributed by atoms with Crippen LogP contribution in [0.2, 0.25) is 0 Å². The van der Waals surface area contributed by atoms with Gasteiger partial charge in [0.25, 0.3) is 5.91 Å². The Balaban J connectivity index is 0.00000400. The summed E-state index contributed by atoms with van der Waals surface area (Å²) in [5, 5.41) is 14.8. The largest absolute Gasteiger partial charge is 0.480 e. The van der Waals surface area contributed by atoms with E-state index in [-0.39, 0.29) is 97.7 Å². The summed E-state index contributed by atoms with van der Waals surface area (Å²) < 4.78 is 19.9. The third-order valence-electron chi connectivity index (χ3n) is 14.3. The van der Waals surface area contributed by atoms with Gasteiger partial charge >= 0.3 is 18.0 Å². The summed E-state index contributed by atoms with van der Waals surface area (Å²) in [5.41, 5.74) is 9.56. The van der Waals surface area contributed by atoms with Gasteiger partial charge in [0.15, 0.2) is 0 Å². The number of esters is 1. The van der Waals surface area contributed by atoms with Crippen molar-refractivity contribution in [2.45, 2.75) is 97.8 Å². The Kier molecular flexibility index (Phi) is 24.8. The molecule has 4 atom stereocenters. The van der Waals surface area contributed by atoms with Crippen molar-refractivity contribution in [2.24, 2.45) is 17.3 Å². The van der Waals surface area contributed by atoms with Gasteiger partial charge in [0.1, 0.15) is 30.4 Å². The van der Waals surface area contributed by atoms with Crippen molar-refractivity contribution in [1.82, 2.24) is 35.0 Å². The number of carbonyl (C=O) groups is 7. The van der Waals surface area contributed by atoms with Gasteiger partial charge in [0, 0.05) is 75.7 Å². The van der Waals surface area contributed by atoms with E-state index < -0.39 is 71.8 Å². The third kappa shape index (κ3) is 15.4. The average molecular weight is 1150 g/mol. The molecule has 3 N–H and O–H groups in total. The van der Waals surface area contributed by atoms with Crippen LogP contribution in [-0.4, -0.2) is 150 Å². The topological polar surface area (TPSA) is 209 Å². The van der Waals surface area contributed by atoms with Gasteiger partial charge in [0.05, 0.1) is 24.8 Å². The van der Waals surface area contributed by atoms with Crippen molar-refractivity contribution in [1.29, 1.82) is 0 Å². The van der Waals surface area contributed by atoms with Crippen LogP contribution in [0.3, 0.4) is 0 Å². The van der Waals surface area contributed by atoms with Crippen molar-refractivity contribution in [3.63, 3.8) is 0 Å². The van der Waals surface area contributed by atoms with E-state index in [4.69, 9.17) is 14.2 Å². The highest BCUT2D eigenvalue weighted by Gasteiger charge is 2.40. The van der Waals surface area contributed by atoms with E-state index in [2.05, 4.69) is 66.9 Å². The fraction of sp³-hybridized carbons (Fsp3) is 0.482. The van der Waals surface area contributed by atoms with Gasteiger partial charge in [-0.2, -0.15) is 54.0 Å². The Morgan fingerprint density at radius 3 is 2.36 bits per heavy atom. The number of nitrogens with zero attached hydrogens (tertiary/aromatic N) is 5. The second-order valence-corrected chi connectivity index (χ2v) is 20.8. The van der Waals surface area contributed by atoms with Gasteiger partial charge in [-0.05, 0) is 103 Å². The molecule has 3 aliphatic heterocycles. The molecule has 6 bridgehead atoms. The normalized spacial score (nSPS) is 18.3. The number of methoxy groups -OCH3 is 1. The lowest BCUT2D eigenvalue weighted by molar-refractivity contribution is -0.155. The number of hydrazine groups is 1. The molecule has 0 radical (unpaired) electrons. The number of cyclic esters (lactones) is 1. The van der Waals surface area contributed by atoms with E-state index in [9.17, 15) is 38.7 Å². The van der Waals surface area contributed by atoms with Gasteiger partial charge < -0.3 is 39.0 Å². The molecule has 0 aliphatic carbocycles. The summed E-state index contributed by atoms with van der Waals surface area (Å²) in [5.74, 6) is -4.40. The highest BCUT2D eigenvalue weighted by atomic mass is 32.1.